The van der Waals surface area contributed by atoms with Crippen LogP contribution in [-0.4, -0.2) is 25.0 Å². The molecule has 2 amide bonds. The summed E-state index contributed by atoms with van der Waals surface area (Å²) in [6.45, 7) is 5.24. The smallest absolute Gasteiger partial charge is 0.254 e. The van der Waals surface area contributed by atoms with Crippen LogP contribution in [0.3, 0.4) is 0 Å². The SMILES string of the molecule is COc1ccc(C(C)NC(=O)C(NC(=O)c2ccccc2F)C(C)C)cc1F. The van der Waals surface area contributed by atoms with E-state index in [4.69, 9.17) is 4.74 Å². The van der Waals surface area contributed by atoms with Crippen molar-refractivity contribution >= 4 is 11.8 Å². The van der Waals surface area contributed by atoms with E-state index in [1.54, 1.807) is 32.9 Å². The molecule has 0 aliphatic rings. The summed E-state index contributed by atoms with van der Waals surface area (Å²) in [6, 6.07) is 8.59. The maximum Gasteiger partial charge on any atom is 0.254 e. The van der Waals surface area contributed by atoms with Gasteiger partial charge in [0.05, 0.1) is 18.7 Å². The molecule has 0 aromatic heterocycles. The van der Waals surface area contributed by atoms with E-state index in [1.807, 2.05) is 0 Å². The van der Waals surface area contributed by atoms with Gasteiger partial charge in [-0.15, -0.1) is 0 Å². The van der Waals surface area contributed by atoms with Crippen LogP contribution in [0.2, 0.25) is 0 Å². The Morgan fingerprint density at radius 3 is 2.21 bits per heavy atom. The molecule has 2 rings (SSSR count). The summed E-state index contributed by atoms with van der Waals surface area (Å²) >= 11 is 0. The molecule has 150 valence electrons. The third-order valence-electron chi connectivity index (χ3n) is 4.39. The molecule has 0 heterocycles. The van der Waals surface area contributed by atoms with Crippen LogP contribution in [0, 0.1) is 17.6 Å². The Balaban J connectivity index is 2.11. The van der Waals surface area contributed by atoms with E-state index in [0.717, 1.165) is 0 Å². The van der Waals surface area contributed by atoms with Crippen molar-refractivity contribution in [2.75, 3.05) is 7.11 Å². The van der Waals surface area contributed by atoms with Crippen molar-refractivity contribution in [1.29, 1.82) is 0 Å². The second-order valence-electron chi connectivity index (χ2n) is 6.80. The van der Waals surface area contributed by atoms with E-state index >= 15 is 0 Å². The van der Waals surface area contributed by atoms with Gasteiger partial charge in [-0.25, -0.2) is 8.78 Å². The highest BCUT2D eigenvalue weighted by Gasteiger charge is 2.27. The molecule has 0 bridgehead atoms. The van der Waals surface area contributed by atoms with E-state index in [0.29, 0.717) is 5.56 Å². The molecule has 28 heavy (non-hydrogen) atoms. The Hall–Kier alpha value is -2.96. The van der Waals surface area contributed by atoms with Gasteiger partial charge in [-0.2, -0.15) is 0 Å². The number of hydrogen-bond acceptors (Lipinski definition) is 3. The quantitative estimate of drug-likeness (QED) is 0.759. The monoisotopic (exact) mass is 390 g/mol. The van der Waals surface area contributed by atoms with Crippen LogP contribution in [0.1, 0.15) is 42.7 Å². The first-order valence-electron chi connectivity index (χ1n) is 8.93. The number of benzene rings is 2. The molecule has 0 aliphatic heterocycles. The van der Waals surface area contributed by atoms with Crippen LogP contribution in [0.15, 0.2) is 42.5 Å². The minimum absolute atomic E-state index is 0.111. The topological polar surface area (TPSA) is 67.4 Å². The molecule has 0 saturated heterocycles. The van der Waals surface area contributed by atoms with Gasteiger partial charge in [-0.1, -0.05) is 32.0 Å². The molecule has 0 radical (unpaired) electrons. The zero-order valence-corrected chi connectivity index (χ0v) is 16.3. The summed E-state index contributed by atoms with van der Waals surface area (Å²) < 4.78 is 32.6. The van der Waals surface area contributed by atoms with Crippen LogP contribution in [-0.2, 0) is 4.79 Å². The number of hydrogen-bond donors (Lipinski definition) is 2. The first-order chi connectivity index (χ1) is 13.2. The van der Waals surface area contributed by atoms with Gasteiger partial charge in [-0.05, 0) is 42.7 Å². The number of ether oxygens (including phenoxy) is 1. The van der Waals surface area contributed by atoms with Crippen LogP contribution in [0.4, 0.5) is 8.78 Å². The summed E-state index contributed by atoms with van der Waals surface area (Å²) in [5.74, 6) is -2.44. The van der Waals surface area contributed by atoms with Crippen LogP contribution >= 0.6 is 0 Å². The molecule has 2 unspecified atom stereocenters. The minimum atomic E-state index is -0.877. The van der Waals surface area contributed by atoms with Crippen molar-refractivity contribution in [3.63, 3.8) is 0 Å². The Bertz CT molecular complexity index is 855. The van der Waals surface area contributed by atoms with Crippen molar-refractivity contribution < 1.29 is 23.1 Å². The molecule has 0 spiro atoms. The summed E-state index contributed by atoms with van der Waals surface area (Å²) in [6.07, 6.45) is 0. The predicted molar refractivity (Wildman–Crippen MR) is 102 cm³/mol. The van der Waals surface area contributed by atoms with E-state index in [9.17, 15) is 18.4 Å². The van der Waals surface area contributed by atoms with E-state index < -0.39 is 35.5 Å². The maximum atomic E-state index is 13.9. The van der Waals surface area contributed by atoms with Crippen LogP contribution in [0.25, 0.3) is 0 Å². The van der Waals surface area contributed by atoms with Gasteiger partial charge in [-0.3, -0.25) is 9.59 Å². The van der Waals surface area contributed by atoms with E-state index in [1.165, 1.54) is 37.4 Å². The first kappa shape index (κ1) is 21.3. The Kier molecular flexibility index (Phi) is 7.09. The number of nitrogens with one attached hydrogen (secondary N) is 2. The molecule has 2 atom stereocenters. The second kappa shape index (κ2) is 9.30. The molecular formula is C21H24F2N2O3. The summed E-state index contributed by atoms with van der Waals surface area (Å²) in [7, 11) is 1.37. The van der Waals surface area contributed by atoms with Crippen molar-refractivity contribution in [1.82, 2.24) is 10.6 Å². The largest absolute Gasteiger partial charge is 0.494 e. The fourth-order valence-corrected chi connectivity index (χ4v) is 2.74. The third-order valence-corrected chi connectivity index (χ3v) is 4.39. The highest BCUT2D eigenvalue weighted by atomic mass is 19.1. The normalized spacial score (nSPS) is 13.0. The standard InChI is InChI=1S/C21H24F2N2O3/c1-12(2)19(25-20(26)15-7-5-6-8-16(15)22)21(27)24-13(3)14-9-10-18(28-4)17(23)11-14/h5-13,19H,1-4H3,(H,24,27)(H,25,26). The van der Waals surface area contributed by atoms with Gasteiger partial charge in [0.15, 0.2) is 11.6 Å². The molecule has 0 fully saturated rings. The van der Waals surface area contributed by atoms with Gasteiger partial charge in [0.25, 0.3) is 5.91 Å². The number of amides is 2. The summed E-state index contributed by atoms with van der Waals surface area (Å²) in [5.41, 5.74) is 0.417. The summed E-state index contributed by atoms with van der Waals surface area (Å²) in [4.78, 5) is 25.1. The Labute approximate surface area is 163 Å². The Morgan fingerprint density at radius 2 is 1.64 bits per heavy atom. The summed E-state index contributed by atoms with van der Waals surface area (Å²) in [5, 5.41) is 5.33. The first-order valence-corrected chi connectivity index (χ1v) is 8.93. The predicted octanol–water partition coefficient (Wildman–Crippen LogP) is 3.61. The van der Waals surface area contributed by atoms with E-state index in [2.05, 4.69) is 10.6 Å². The highest BCUT2D eigenvalue weighted by Crippen LogP contribution is 2.22. The highest BCUT2D eigenvalue weighted by molar-refractivity contribution is 5.97. The number of rotatable bonds is 7. The number of carbonyl (C=O) groups excluding carboxylic acids is 2. The maximum absolute atomic E-state index is 13.9. The Morgan fingerprint density at radius 1 is 0.964 bits per heavy atom. The molecule has 5 nitrogen and oxygen atoms in total. The third kappa shape index (κ3) is 5.06. The number of methoxy groups -OCH3 is 1. The van der Waals surface area contributed by atoms with Crippen molar-refractivity contribution in [3.8, 4) is 5.75 Å². The fraction of sp³-hybridized carbons (Fsp3) is 0.333. The zero-order chi connectivity index (χ0) is 20.8. The molecule has 2 N–H and O–H groups in total. The van der Waals surface area contributed by atoms with Gasteiger partial charge < -0.3 is 15.4 Å². The molecule has 2 aromatic rings. The van der Waals surface area contributed by atoms with Crippen molar-refractivity contribution in [2.24, 2.45) is 5.92 Å². The van der Waals surface area contributed by atoms with Crippen LogP contribution < -0.4 is 15.4 Å². The van der Waals surface area contributed by atoms with Crippen molar-refractivity contribution in [3.05, 3.63) is 65.2 Å². The van der Waals surface area contributed by atoms with Gasteiger partial charge >= 0.3 is 0 Å². The molecule has 7 heteroatoms. The lowest BCUT2D eigenvalue weighted by Gasteiger charge is -2.24. The van der Waals surface area contributed by atoms with Crippen LogP contribution in [0.5, 0.6) is 5.75 Å². The van der Waals surface area contributed by atoms with Gasteiger partial charge in [0, 0.05) is 0 Å². The number of carbonyl (C=O) groups is 2. The minimum Gasteiger partial charge on any atom is -0.494 e. The van der Waals surface area contributed by atoms with Crippen molar-refractivity contribution in [2.45, 2.75) is 32.9 Å². The lowest BCUT2D eigenvalue weighted by molar-refractivity contribution is -0.124. The molecular weight excluding hydrogens is 366 g/mol. The lowest BCUT2D eigenvalue weighted by Crippen LogP contribution is -2.50. The molecule has 2 aromatic carbocycles. The van der Waals surface area contributed by atoms with Gasteiger partial charge in [0.1, 0.15) is 11.9 Å². The molecule has 0 saturated carbocycles. The number of halogens is 2. The fourth-order valence-electron chi connectivity index (χ4n) is 2.74. The van der Waals surface area contributed by atoms with Gasteiger partial charge in [0.2, 0.25) is 5.91 Å². The van der Waals surface area contributed by atoms with E-state index in [-0.39, 0.29) is 17.2 Å². The second-order valence-corrected chi connectivity index (χ2v) is 6.80. The zero-order valence-electron chi connectivity index (χ0n) is 16.3. The molecule has 0 aliphatic carbocycles. The average Bonchev–Trinajstić information content (AvgIpc) is 2.65. The lowest BCUT2D eigenvalue weighted by atomic mass is 10.0. The average molecular weight is 390 g/mol.